The van der Waals surface area contributed by atoms with Gasteiger partial charge in [0.15, 0.2) is 0 Å². The number of hydrogen-bond acceptors (Lipinski definition) is 4. The zero-order chi connectivity index (χ0) is 13.0. The lowest BCUT2D eigenvalue weighted by atomic mass is 9.98. The molecule has 0 atom stereocenters. The highest BCUT2D eigenvalue weighted by Crippen LogP contribution is 2.24. The number of nitrogens with zero attached hydrogens (tertiary/aromatic N) is 2. The van der Waals surface area contributed by atoms with Crippen LogP contribution in [0.4, 0.5) is 5.13 Å². The Morgan fingerprint density at radius 1 is 1.44 bits per heavy atom. The van der Waals surface area contributed by atoms with Crippen LogP contribution >= 0.6 is 11.3 Å². The van der Waals surface area contributed by atoms with Crippen molar-refractivity contribution in [2.24, 2.45) is 5.92 Å². The Morgan fingerprint density at radius 2 is 2.28 bits per heavy atom. The number of hydrogen-bond donors (Lipinski definition) is 1. The number of anilines is 1. The highest BCUT2D eigenvalue weighted by molar-refractivity contribution is 7.15. The molecule has 0 saturated heterocycles. The van der Waals surface area contributed by atoms with Crippen molar-refractivity contribution in [3.63, 3.8) is 0 Å². The summed E-state index contributed by atoms with van der Waals surface area (Å²) in [7, 11) is 0. The van der Waals surface area contributed by atoms with E-state index >= 15 is 0 Å². The van der Waals surface area contributed by atoms with Gasteiger partial charge in [-0.05, 0) is 25.7 Å². The Bertz CT molecular complexity index is 451. The molecule has 0 spiro atoms. The van der Waals surface area contributed by atoms with Gasteiger partial charge in [0.05, 0.1) is 0 Å². The van der Waals surface area contributed by atoms with Gasteiger partial charge in [0.2, 0.25) is 11.0 Å². The summed E-state index contributed by atoms with van der Waals surface area (Å²) in [6.07, 6.45) is 8.14. The van der Waals surface area contributed by atoms with Crippen LogP contribution < -0.4 is 5.32 Å². The van der Waals surface area contributed by atoms with E-state index in [1.165, 1.54) is 42.6 Å². The lowest BCUT2D eigenvalue weighted by Crippen LogP contribution is -2.17. The van der Waals surface area contributed by atoms with Gasteiger partial charge in [-0.1, -0.05) is 36.8 Å². The maximum Gasteiger partial charge on any atom is 0.228 e. The van der Waals surface area contributed by atoms with Gasteiger partial charge in [-0.2, -0.15) is 0 Å². The summed E-state index contributed by atoms with van der Waals surface area (Å²) in [5.41, 5.74) is 1.46. The van der Waals surface area contributed by atoms with Crippen molar-refractivity contribution < 1.29 is 4.79 Å². The molecular weight excluding hydrogens is 246 g/mol. The van der Waals surface area contributed by atoms with Crippen LogP contribution in [0.3, 0.4) is 0 Å². The summed E-state index contributed by atoms with van der Waals surface area (Å²) in [5, 5.41) is 12.5. The third-order valence-corrected chi connectivity index (χ3v) is 3.82. The predicted molar refractivity (Wildman–Crippen MR) is 73.6 cm³/mol. The molecule has 4 nitrogen and oxygen atoms in total. The molecule has 1 aliphatic rings. The molecule has 18 heavy (non-hydrogen) atoms. The fourth-order valence-corrected chi connectivity index (χ4v) is 2.68. The molecule has 1 aromatic heterocycles. The molecule has 0 aromatic carbocycles. The van der Waals surface area contributed by atoms with Gasteiger partial charge in [-0.15, -0.1) is 10.2 Å². The first-order valence-electron chi connectivity index (χ1n) is 6.46. The van der Waals surface area contributed by atoms with Crippen LogP contribution in [0.25, 0.3) is 0 Å². The number of amides is 1. The smallest absolute Gasteiger partial charge is 0.228 e. The summed E-state index contributed by atoms with van der Waals surface area (Å²) >= 11 is 1.48. The van der Waals surface area contributed by atoms with Crippen LogP contribution in [-0.2, 0) is 11.2 Å². The van der Waals surface area contributed by atoms with Crippen LogP contribution in [0, 0.1) is 5.92 Å². The molecule has 5 heteroatoms. The van der Waals surface area contributed by atoms with Gasteiger partial charge in [0.25, 0.3) is 0 Å². The first-order valence-corrected chi connectivity index (χ1v) is 7.28. The Kier molecular flexibility index (Phi) is 4.47. The minimum atomic E-state index is -0.0293. The zero-order valence-corrected chi connectivity index (χ0v) is 11.7. The maximum atomic E-state index is 11.5. The quantitative estimate of drug-likeness (QED) is 0.851. The summed E-state index contributed by atoms with van der Waals surface area (Å²) in [5.74, 6) is -0.0343. The van der Waals surface area contributed by atoms with Crippen LogP contribution in [0.15, 0.2) is 11.6 Å². The van der Waals surface area contributed by atoms with Crippen molar-refractivity contribution in [1.82, 2.24) is 10.2 Å². The number of nitrogens with one attached hydrogen (secondary N) is 1. The van der Waals surface area contributed by atoms with E-state index in [0.717, 1.165) is 11.4 Å². The average molecular weight is 265 g/mol. The highest BCUT2D eigenvalue weighted by Gasteiger charge is 2.12. The van der Waals surface area contributed by atoms with Crippen molar-refractivity contribution in [3.8, 4) is 0 Å². The fourth-order valence-electron chi connectivity index (χ4n) is 1.88. The minimum Gasteiger partial charge on any atom is -0.300 e. The van der Waals surface area contributed by atoms with Gasteiger partial charge in [0.1, 0.15) is 5.01 Å². The third kappa shape index (κ3) is 3.63. The minimum absolute atomic E-state index is 0.00502. The summed E-state index contributed by atoms with van der Waals surface area (Å²) in [6, 6.07) is 0. The SMILES string of the molecule is CC(C)C(=O)Nc1nnc(CC2=CCCCC2)s1. The van der Waals surface area contributed by atoms with Gasteiger partial charge < -0.3 is 5.32 Å². The van der Waals surface area contributed by atoms with E-state index < -0.39 is 0 Å². The molecule has 0 aliphatic heterocycles. The van der Waals surface area contributed by atoms with Gasteiger partial charge in [-0.25, -0.2) is 0 Å². The second kappa shape index (κ2) is 6.09. The van der Waals surface area contributed by atoms with Crippen molar-refractivity contribution >= 4 is 22.4 Å². The fraction of sp³-hybridized carbons (Fsp3) is 0.615. The molecule has 0 bridgehead atoms. The Hall–Kier alpha value is -1.23. The zero-order valence-electron chi connectivity index (χ0n) is 10.9. The topological polar surface area (TPSA) is 54.9 Å². The van der Waals surface area contributed by atoms with Crippen LogP contribution in [0.2, 0.25) is 0 Å². The van der Waals surface area contributed by atoms with E-state index in [9.17, 15) is 4.79 Å². The second-order valence-electron chi connectivity index (χ2n) is 4.93. The monoisotopic (exact) mass is 265 g/mol. The van der Waals surface area contributed by atoms with E-state index in [-0.39, 0.29) is 11.8 Å². The lowest BCUT2D eigenvalue weighted by Gasteiger charge is -2.10. The first kappa shape index (κ1) is 13.2. The standard InChI is InChI=1S/C13H19N3OS/c1-9(2)12(17)14-13-16-15-11(18-13)8-10-6-4-3-5-7-10/h6,9H,3-5,7-8H2,1-2H3,(H,14,16,17). The maximum absolute atomic E-state index is 11.5. The van der Waals surface area contributed by atoms with Crippen LogP contribution in [0.5, 0.6) is 0 Å². The number of rotatable bonds is 4. The highest BCUT2D eigenvalue weighted by atomic mass is 32.1. The molecule has 2 rings (SSSR count). The number of allylic oxidation sites excluding steroid dienone is 2. The average Bonchev–Trinajstić information content (AvgIpc) is 2.77. The molecule has 1 aliphatic carbocycles. The molecule has 98 valence electrons. The number of carbonyl (C=O) groups is 1. The van der Waals surface area contributed by atoms with Crippen LogP contribution in [0.1, 0.15) is 44.5 Å². The molecule has 1 N–H and O–H groups in total. The molecule has 0 saturated carbocycles. The molecule has 1 amide bonds. The van der Waals surface area contributed by atoms with Crippen molar-refractivity contribution in [2.75, 3.05) is 5.32 Å². The Labute approximate surface area is 112 Å². The largest absolute Gasteiger partial charge is 0.300 e. The lowest BCUT2D eigenvalue weighted by molar-refractivity contribution is -0.118. The molecular formula is C13H19N3OS. The van der Waals surface area contributed by atoms with E-state index in [2.05, 4.69) is 21.6 Å². The van der Waals surface area contributed by atoms with Crippen molar-refractivity contribution in [1.29, 1.82) is 0 Å². The van der Waals surface area contributed by atoms with E-state index in [0.29, 0.717) is 5.13 Å². The number of carbonyl (C=O) groups excluding carboxylic acids is 1. The summed E-state index contributed by atoms with van der Waals surface area (Å²) in [4.78, 5) is 11.5. The second-order valence-corrected chi connectivity index (χ2v) is 5.99. The molecule has 0 fully saturated rings. The first-order chi connectivity index (χ1) is 8.65. The molecule has 0 radical (unpaired) electrons. The number of aromatic nitrogens is 2. The Morgan fingerprint density at radius 3 is 2.94 bits per heavy atom. The van der Waals surface area contributed by atoms with Crippen LogP contribution in [-0.4, -0.2) is 16.1 Å². The van der Waals surface area contributed by atoms with Gasteiger partial charge >= 0.3 is 0 Å². The molecule has 0 unspecified atom stereocenters. The third-order valence-electron chi connectivity index (χ3n) is 2.98. The van der Waals surface area contributed by atoms with Gasteiger partial charge in [-0.3, -0.25) is 4.79 Å². The summed E-state index contributed by atoms with van der Waals surface area (Å²) in [6.45, 7) is 3.73. The van der Waals surface area contributed by atoms with E-state index in [4.69, 9.17) is 0 Å². The van der Waals surface area contributed by atoms with Crippen molar-refractivity contribution in [2.45, 2.75) is 46.0 Å². The van der Waals surface area contributed by atoms with Crippen molar-refractivity contribution in [3.05, 3.63) is 16.7 Å². The van der Waals surface area contributed by atoms with Gasteiger partial charge in [0, 0.05) is 12.3 Å². The van der Waals surface area contributed by atoms with E-state index in [1.54, 1.807) is 0 Å². The normalized spacial score (nSPS) is 15.6. The summed E-state index contributed by atoms with van der Waals surface area (Å²) < 4.78 is 0. The molecule has 1 aromatic rings. The van der Waals surface area contributed by atoms with E-state index in [1.807, 2.05) is 13.8 Å². The Balaban J connectivity index is 1.93. The predicted octanol–water partition coefficient (Wildman–Crippen LogP) is 3.18. The molecule has 1 heterocycles.